The molecule has 4 rings (SSSR count). The van der Waals surface area contributed by atoms with E-state index >= 15 is 0 Å². The van der Waals surface area contributed by atoms with Crippen LogP contribution >= 0.6 is 11.6 Å². The molecular formula is C22H19ClFN3O4. The zero-order chi connectivity index (χ0) is 21.8. The Morgan fingerprint density at radius 1 is 1.26 bits per heavy atom. The van der Waals surface area contributed by atoms with Crippen LogP contribution in [0.5, 0.6) is 5.88 Å². The van der Waals surface area contributed by atoms with E-state index in [0.717, 1.165) is 11.6 Å². The van der Waals surface area contributed by atoms with Gasteiger partial charge in [0.05, 0.1) is 16.6 Å². The van der Waals surface area contributed by atoms with Crippen LogP contribution in [0.15, 0.2) is 53.1 Å². The topological polar surface area (TPSA) is 93.5 Å². The standard InChI is InChI=1S/C22H19ClFN3O4/c23-16-10-14(6-7-17(16)24)20(28)18-11-19-15(12-26-18)21(27-31-19)30-22(29)25-9-8-13-4-2-1-3-5-13/h1-7,10,18,26H,8-9,11-12H2,(H,25,29). The summed E-state index contributed by atoms with van der Waals surface area (Å²) >= 11 is 5.77. The highest BCUT2D eigenvalue weighted by Gasteiger charge is 2.31. The Labute approximate surface area is 182 Å². The van der Waals surface area contributed by atoms with Crippen molar-refractivity contribution in [3.63, 3.8) is 0 Å². The average Bonchev–Trinajstić information content (AvgIpc) is 3.17. The van der Waals surface area contributed by atoms with E-state index in [2.05, 4.69) is 15.8 Å². The van der Waals surface area contributed by atoms with E-state index in [9.17, 15) is 14.0 Å². The van der Waals surface area contributed by atoms with Gasteiger partial charge in [-0.1, -0.05) is 41.9 Å². The van der Waals surface area contributed by atoms with Crippen molar-refractivity contribution >= 4 is 23.5 Å². The van der Waals surface area contributed by atoms with E-state index < -0.39 is 18.0 Å². The van der Waals surface area contributed by atoms with Gasteiger partial charge in [0.2, 0.25) is 0 Å². The van der Waals surface area contributed by atoms with Crippen molar-refractivity contribution < 1.29 is 23.2 Å². The fourth-order valence-electron chi connectivity index (χ4n) is 3.34. The number of amides is 1. The molecule has 160 valence electrons. The van der Waals surface area contributed by atoms with Gasteiger partial charge in [-0.2, -0.15) is 0 Å². The quantitative estimate of drug-likeness (QED) is 0.564. The molecule has 3 aromatic rings. The summed E-state index contributed by atoms with van der Waals surface area (Å²) in [4.78, 5) is 24.8. The Kier molecular flexibility index (Phi) is 6.29. The first-order valence-corrected chi connectivity index (χ1v) is 10.1. The summed E-state index contributed by atoms with van der Waals surface area (Å²) in [7, 11) is 0. The number of rotatable bonds is 6. The van der Waals surface area contributed by atoms with Crippen molar-refractivity contribution in [2.75, 3.05) is 6.54 Å². The van der Waals surface area contributed by atoms with E-state index in [0.29, 0.717) is 29.9 Å². The van der Waals surface area contributed by atoms with Gasteiger partial charge in [-0.15, -0.1) is 0 Å². The first-order valence-electron chi connectivity index (χ1n) is 9.71. The summed E-state index contributed by atoms with van der Waals surface area (Å²) < 4.78 is 23.9. The number of Topliss-reactive ketones (excluding diaryl/α,β-unsaturated/α-hetero) is 1. The number of ether oxygens (including phenoxy) is 1. The van der Waals surface area contributed by atoms with Gasteiger partial charge in [-0.25, -0.2) is 9.18 Å². The van der Waals surface area contributed by atoms with Gasteiger partial charge < -0.3 is 19.9 Å². The normalized spacial score (nSPS) is 15.2. The summed E-state index contributed by atoms with van der Waals surface area (Å²) in [5, 5.41) is 9.45. The van der Waals surface area contributed by atoms with Crippen LogP contribution in [0.3, 0.4) is 0 Å². The predicted octanol–water partition coefficient (Wildman–Crippen LogP) is 3.70. The molecule has 2 aromatic carbocycles. The fraction of sp³-hybridized carbons (Fsp3) is 0.227. The molecule has 0 bridgehead atoms. The van der Waals surface area contributed by atoms with Crippen molar-refractivity contribution in [1.82, 2.24) is 15.8 Å². The van der Waals surface area contributed by atoms with Crippen molar-refractivity contribution in [3.05, 3.63) is 81.8 Å². The SMILES string of the molecule is O=C(NCCc1ccccc1)Oc1noc2c1CNC(C(=O)c1ccc(F)c(Cl)c1)C2. The summed E-state index contributed by atoms with van der Waals surface area (Å²) in [6.07, 6.45) is 0.256. The first kappa shape index (κ1) is 21.0. The Hall–Kier alpha value is -3.23. The Bertz CT molecular complexity index is 1100. The van der Waals surface area contributed by atoms with Crippen LogP contribution in [0, 0.1) is 5.82 Å². The van der Waals surface area contributed by atoms with Crippen molar-refractivity contribution in [3.8, 4) is 5.88 Å². The highest BCUT2D eigenvalue weighted by Crippen LogP contribution is 2.27. The molecule has 0 radical (unpaired) electrons. The summed E-state index contributed by atoms with van der Waals surface area (Å²) in [6.45, 7) is 0.648. The van der Waals surface area contributed by atoms with Gasteiger partial charge in [0.1, 0.15) is 11.6 Å². The molecular weight excluding hydrogens is 425 g/mol. The molecule has 0 fully saturated rings. The zero-order valence-electron chi connectivity index (χ0n) is 16.4. The van der Waals surface area contributed by atoms with Gasteiger partial charge in [-0.05, 0) is 35.3 Å². The van der Waals surface area contributed by atoms with Crippen molar-refractivity contribution in [2.45, 2.75) is 25.4 Å². The van der Waals surface area contributed by atoms with Gasteiger partial charge in [0, 0.05) is 25.1 Å². The second-order valence-corrected chi connectivity index (χ2v) is 7.48. The number of nitrogens with zero attached hydrogens (tertiary/aromatic N) is 1. The molecule has 7 nitrogen and oxygen atoms in total. The molecule has 2 heterocycles. The van der Waals surface area contributed by atoms with Crippen LogP contribution in [0.4, 0.5) is 9.18 Å². The van der Waals surface area contributed by atoms with Gasteiger partial charge in [0.15, 0.2) is 5.78 Å². The van der Waals surface area contributed by atoms with Crippen LogP contribution in [0.2, 0.25) is 5.02 Å². The maximum atomic E-state index is 13.3. The van der Waals surface area contributed by atoms with Crippen LogP contribution < -0.4 is 15.4 Å². The molecule has 1 amide bonds. The smallest absolute Gasteiger partial charge is 0.388 e. The number of carbonyl (C=O) groups excluding carboxylic acids is 2. The maximum Gasteiger partial charge on any atom is 0.414 e. The molecule has 1 aromatic heterocycles. The highest BCUT2D eigenvalue weighted by molar-refractivity contribution is 6.31. The number of halogens is 2. The second-order valence-electron chi connectivity index (χ2n) is 7.07. The van der Waals surface area contributed by atoms with Gasteiger partial charge >= 0.3 is 6.09 Å². The molecule has 0 saturated heterocycles. The molecule has 1 unspecified atom stereocenters. The molecule has 1 aliphatic rings. The van der Waals surface area contributed by atoms with Crippen LogP contribution in [0.1, 0.15) is 27.2 Å². The van der Waals surface area contributed by atoms with Crippen LogP contribution in [-0.4, -0.2) is 29.6 Å². The average molecular weight is 444 g/mol. The number of ketones is 1. The van der Waals surface area contributed by atoms with Crippen molar-refractivity contribution in [2.24, 2.45) is 0 Å². The molecule has 2 N–H and O–H groups in total. The molecule has 31 heavy (non-hydrogen) atoms. The maximum absolute atomic E-state index is 13.3. The van der Waals surface area contributed by atoms with Gasteiger partial charge in [-0.3, -0.25) is 4.79 Å². The van der Waals surface area contributed by atoms with E-state index in [1.54, 1.807) is 0 Å². The lowest BCUT2D eigenvalue weighted by Crippen LogP contribution is -2.41. The third-order valence-corrected chi connectivity index (χ3v) is 5.27. The zero-order valence-corrected chi connectivity index (χ0v) is 17.1. The minimum absolute atomic E-state index is 0.0652. The number of hydrogen-bond donors (Lipinski definition) is 2. The molecule has 1 atom stereocenters. The third-order valence-electron chi connectivity index (χ3n) is 4.98. The summed E-state index contributed by atoms with van der Waals surface area (Å²) in [5.74, 6) is -0.311. The van der Waals surface area contributed by atoms with Gasteiger partial charge in [0.25, 0.3) is 5.88 Å². The fourth-order valence-corrected chi connectivity index (χ4v) is 3.52. The number of nitrogens with one attached hydrogen (secondary N) is 2. The van der Waals surface area contributed by atoms with E-state index in [4.69, 9.17) is 20.9 Å². The molecule has 9 heteroatoms. The van der Waals surface area contributed by atoms with E-state index in [1.165, 1.54) is 12.1 Å². The monoisotopic (exact) mass is 443 g/mol. The highest BCUT2D eigenvalue weighted by atomic mass is 35.5. The van der Waals surface area contributed by atoms with Crippen LogP contribution in [-0.2, 0) is 19.4 Å². The molecule has 0 spiro atoms. The van der Waals surface area contributed by atoms with E-state index in [1.807, 2.05) is 30.3 Å². The van der Waals surface area contributed by atoms with Crippen molar-refractivity contribution in [1.29, 1.82) is 0 Å². The Morgan fingerprint density at radius 2 is 2.06 bits per heavy atom. The second kappa shape index (κ2) is 9.28. The lowest BCUT2D eigenvalue weighted by atomic mass is 9.96. The third kappa shape index (κ3) is 4.92. The van der Waals surface area contributed by atoms with Crippen LogP contribution in [0.25, 0.3) is 0 Å². The largest absolute Gasteiger partial charge is 0.414 e. The number of carbonyl (C=O) groups is 2. The minimum atomic E-state index is -0.633. The lowest BCUT2D eigenvalue weighted by Gasteiger charge is -2.21. The number of fused-ring (bicyclic) bond motifs is 1. The number of hydrogen-bond acceptors (Lipinski definition) is 6. The Morgan fingerprint density at radius 3 is 2.84 bits per heavy atom. The first-order chi connectivity index (χ1) is 15.0. The molecule has 0 saturated carbocycles. The number of aromatic nitrogens is 1. The number of benzene rings is 2. The summed E-state index contributed by atoms with van der Waals surface area (Å²) in [5.41, 5.74) is 1.98. The summed E-state index contributed by atoms with van der Waals surface area (Å²) in [6, 6.07) is 13.0. The predicted molar refractivity (Wildman–Crippen MR) is 111 cm³/mol. The Balaban J connectivity index is 1.33. The molecule has 0 aliphatic carbocycles. The molecule has 1 aliphatic heterocycles. The van der Waals surface area contributed by atoms with E-state index in [-0.39, 0.29) is 29.7 Å². The lowest BCUT2D eigenvalue weighted by molar-refractivity contribution is 0.0932. The minimum Gasteiger partial charge on any atom is -0.388 e.